The van der Waals surface area contributed by atoms with E-state index < -0.39 is 0 Å². The lowest BCUT2D eigenvalue weighted by Gasteiger charge is -2.14. The van der Waals surface area contributed by atoms with Gasteiger partial charge in [-0.25, -0.2) is 15.0 Å². The first-order chi connectivity index (χ1) is 29.6. The minimum atomic E-state index is 0.593. The maximum absolute atomic E-state index is 6.41. The zero-order valence-corrected chi connectivity index (χ0v) is 33.1. The molecule has 0 bridgehead atoms. The molecular formula is C56H39N3O. The van der Waals surface area contributed by atoms with Crippen molar-refractivity contribution in [1.82, 2.24) is 4.98 Å². The van der Waals surface area contributed by atoms with Crippen LogP contribution in [0.25, 0.3) is 83.2 Å². The Kier molecular flexibility index (Phi) is 9.57. The van der Waals surface area contributed by atoms with Gasteiger partial charge in [0.1, 0.15) is 11.2 Å². The minimum Gasteiger partial charge on any atom is -0.455 e. The normalized spacial score (nSPS) is 12.0. The Morgan fingerprint density at radius 3 is 1.87 bits per heavy atom. The van der Waals surface area contributed by atoms with Gasteiger partial charge in [0.25, 0.3) is 0 Å². The third kappa shape index (κ3) is 7.12. The molecule has 0 amide bonds. The lowest BCUT2D eigenvalue weighted by molar-refractivity contribution is 0.670. The number of aliphatic imine (C=N–C) groups is 2. The number of benzene rings is 8. The molecule has 0 spiro atoms. The molecule has 10 aromatic rings. The van der Waals surface area contributed by atoms with Gasteiger partial charge in [0.2, 0.25) is 0 Å². The summed E-state index contributed by atoms with van der Waals surface area (Å²) in [4.78, 5) is 15.5. The van der Waals surface area contributed by atoms with Gasteiger partial charge in [-0.3, -0.25) is 0 Å². The van der Waals surface area contributed by atoms with E-state index in [4.69, 9.17) is 19.4 Å². The Balaban J connectivity index is 1.05. The summed E-state index contributed by atoms with van der Waals surface area (Å²) in [5.41, 5.74) is 15.5. The van der Waals surface area contributed by atoms with Gasteiger partial charge in [-0.2, -0.15) is 0 Å². The second-order valence-electron chi connectivity index (χ2n) is 14.9. The van der Waals surface area contributed by atoms with Crippen LogP contribution in [-0.4, -0.2) is 16.5 Å². The zero-order valence-electron chi connectivity index (χ0n) is 33.1. The Morgan fingerprint density at radius 1 is 0.467 bits per heavy atom. The molecule has 0 fully saturated rings. The summed E-state index contributed by atoms with van der Waals surface area (Å²) < 4.78 is 6.41. The lowest BCUT2D eigenvalue weighted by Crippen LogP contribution is -2.04. The zero-order chi connectivity index (χ0) is 40.4. The monoisotopic (exact) mass is 769 g/mol. The van der Waals surface area contributed by atoms with Gasteiger partial charge >= 0.3 is 0 Å². The third-order valence-electron chi connectivity index (χ3n) is 11.0. The fourth-order valence-electron chi connectivity index (χ4n) is 7.90. The van der Waals surface area contributed by atoms with Gasteiger partial charge in [-0.1, -0.05) is 189 Å². The Bertz CT molecular complexity index is 3250. The first-order valence-corrected chi connectivity index (χ1v) is 20.1. The number of aromatic nitrogens is 1. The topological polar surface area (TPSA) is 50.8 Å². The molecule has 60 heavy (non-hydrogen) atoms. The molecule has 0 unspecified atom stereocenters. The second kappa shape index (κ2) is 15.8. The van der Waals surface area contributed by atoms with Crippen molar-refractivity contribution in [2.45, 2.75) is 6.92 Å². The average Bonchev–Trinajstić information content (AvgIpc) is 3.71. The van der Waals surface area contributed by atoms with Gasteiger partial charge in [-0.05, 0) is 64.6 Å². The smallest absolute Gasteiger partial charge is 0.160 e. The van der Waals surface area contributed by atoms with Crippen LogP contribution in [0.1, 0.15) is 23.6 Å². The molecule has 284 valence electrons. The van der Waals surface area contributed by atoms with E-state index in [2.05, 4.69) is 146 Å². The molecule has 0 N–H and O–H groups in total. The molecule has 2 aromatic heterocycles. The predicted molar refractivity (Wildman–Crippen MR) is 251 cm³/mol. The Labute approximate surface area is 349 Å². The summed E-state index contributed by atoms with van der Waals surface area (Å²) >= 11 is 0. The van der Waals surface area contributed by atoms with E-state index in [0.29, 0.717) is 11.5 Å². The molecule has 8 aromatic carbocycles. The molecule has 10 rings (SSSR count). The van der Waals surface area contributed by atoms with Crippen LogP contribution in [0.3, 0.4) is 0 Å². The van der Waals surface area contributed by atoms with Gasteiger partial charge in [0.15, 0.2) is 5.84 Å². The standard InChI is InChI=1S/C56H39N3O/c1-37(39-16-6-3-7-17-39)57-56(58-38(2)40-18-8-4-9-19-40)43-30-28-42(29-31-43)54-51(41-20-10-5-11-21-41)35-47-33-32-45(36-52(47)59-54)44-22-14-23-46(34-44)48-25-15-26-50-49-24-12-13-27-53(49)60-55(48)50/h3-36H,1H2,2H3. The SMILES string of the molecule is C=C(N=C(N=C(C)c1ccccc1)c1ccc(-c2nc3cc(-c4cccc(-c5cccc6c5oc5ccccc56)c4)ccc3cc2-c2ccccc2)cc1)c1ccccc1. The van der Waals surface area contributed by atoms with E-state index in [1.54, 1.807) is 0 Å². The number of hydrogen-bond donors (Lipinski definition) is 0. The molecule has 0 saturated heterocycles. The van der Waals surface area contributed by atoms with Crippen molar-refractivity contribution in [1.29, 1.82) is 0 Å². The van der Waals surface area contributed by atoms with Crippen LogP contribution in [-0.2, 0) is 0 Å². The number of hydrogen-bond acceptors (Lipinski definition) is 3. The van der Waals surface area contributed by atoms with Gasteiger partial charge in [0.05, 0.1) is 16.9 Å². The summed E-state index contributed by atoms with van der Waals surface area (Å²) in [5.74, 6) is 0.593. The molecule has 0 atom stereocenters. The molecular weight excluding hydrogens is 731 g/mol. The van der Waals surface area contributed by atoms with Crippen LogP contribution in [0.4, 0.5) is 0 Å². The van der Waals surface area contributed by atoms with Gasteiger partial charge < -0.3 is 4.42 Å². The highest BCUT2D eigenvalue weighted by molar-refractivity contribution is 6.13. The Hall–Kier alpha value is -7.95. The quantitative estimate of drug-likeness (QED) is 0.114. The number of nitrogens with zero attached hydrogens (tertiary/aromatic N) is 3. The van der Waals surface area contributed by atoms with Gasteiger partial charge in [0, 0.05) is 44.1 Å². The van der Waals surface area contributed by atoms with E-state index in [1.165, 1.54) is 0 Å². The maximum Gasteiger partial charge on any atom is 0.160 e. The van der Waals surface area contributed by atoms with Crippen LogP contribution < -0.4 is 0 Å². The fourth-order valence-corrected chi connectivity index (χ4v) is 7.90. The van der Waals surface area contributed by atoms with Crippen molar-refractivity contribution >= 4 is 50.1 Å². The first kappa shape index (κ1) is 36.4. The fraction of sp³-hybridized carbons (Fsp3) is 0.0179. The average molecular weight is 770 g/mol. The molecule has 0 radical (unpaired) electrons. The molecule has 2 heterocycles. The first-order valence-electron chi connectivity index (χ1n) is 20.1. The van der Waals surface area contributed by atoms with Crippen LogP contribution in [0.5, 0.6) is 0 Å². The van der Waals surface area contributed by atoms with Crippen LogP contribution in [0, 0.1) is 0 Å². The lowest BCUT2D eigenvalue weighted by atomic mass is 9.94. The molecule has 0 aliphatic carbocycles. The Morgan fingerprint density at radius 2 is 1.08 bits per heavy atom. The van der Waals surface area contributed by atoms with Crippen molar-refractivity contribution in [2.75, 3.05) is 0 Å². The minimum absolute atomic E-state index is 0.593. The van der Waals surface area contributed by atoms with Crippen molar-refractivity contribution < 1.29 is 4.42 Å². The van der Waals surface area contributed by atoms with E-state index in [9.17, 15) is 0 Å². The van der Waals surface area contributed by atoms with E-state index in [0.717, 1.165) is 99.9 Å². The summed E-state index contributed by atoms with van der Waals surface area (Å²) in [6.45, 7) is 6.32. The maximum atomic E-state index is 6.41. The van der Waals surface area contributed by atoms with Gasteiger partial charge in [-0.15, -0.1) is 0 Å². The number of para-hydroxylation sites is 2. The van der Waals surface area contributed by atoms with Crippen molar-refractivity contribution in [3.8, 4) is 44.6 Å². The highest BCUT2D eigenvalue weighted by atomic mass is 16.3. The number of furan rings is 1. The molecule has 0 aliphatic heterocycles. The molecule has 4 heteroatoms. The van der Waals surface area contributed by atoms with Crippen LogP contribution >= 0.6 is 0 Å². The van der Waals surface area contributed by atoms with E-state index in [-0.39, 0.29) is 0 Å². The summed E-state index contributed by atoms with van der Waals surface area (Å²) in [5, 5.41) is 3.32. The molecule has 0 aliphatic rings. The number of rotatable bonds is 8. The number of amidine groups is 1. The highest BCUT2D eigenvalue weighted by Gasteiger charge is 2.16. The second-order valence-corrected chi connectivity index (χ2v) is 14.9. The summed E-state index contributed by atoms with van der Waals surface area (Å²) in [6.07, 6.45) is 0. The van der Waals surface area contributed by atoms with Crippen LogP contribution in [0.15, 0.2) is 227 Å². The van der Waals surface area contributed by atoms with E-state index in [1.807, 2.05) is 73.7 Å². The molecule has 4 nitrogen and oxygen atoms in total. The van der Waals surface area contributed by atoms with Crippen molar-refractivity contribution in [2.24, 2.45) is 9.98 Å². The highest BCUT2D eigenvalue weighted by Crippen LogP contribution is 2.38. The third-order valence-corrected chi connectivity index (χ3v) is 11.0. The predicted octanol–water partition coefficient (Wildman–Crippen LogP) is 14.7. The van der Waals surface area contributed by atoms with Crippen molar-refractivity contribution in [3.63, 3.8) is 0 Å². The van der Waals surface area contributed by atoms with Crippen LogP contribution in [0.2, 0.25) is 0 Å². The molecule has 0 saturated carbocycles. The summed E-state index contributed by atoms with van der Waals surface area (Å²) in [7, 11) is 0. The largest absolute Gasteiger partial charge is 0.455 e. The summed E-state index contributed by atoms with van der Waals surface area (Å²) in [6, 6.07) is 71.2. The van der Waals surface area contributed by atoms with Crippen molar-refractivity contribution in [3.05, 3.63) is 230 Å². The number of pyridine rings is 1. The number of fused-ring (bicyclic) bond motifs is 4. The van der Waals surface area contributed by atoms with E-state index >= 15 is 0 Å².